The molecule has 0 saturated carbocycles. The summed E-state index contributed by atoms with van der Waals surface area (Å²) in [5.74, 6) is -1.65. The Morgan fingerprint density at radius 3 is 2.55 bits per heavy atom. The summed E-state index contributed by atoms with van der Waals surface area (Å²) >= 11 is 0. The van der Waals surface area contributed by atoms with E-state index in [2.05, 4.69) is 0 Å². The Kier molecular flexibility index (Phi) is 3.61. The largest absolute Gasteiger partial charge is 0.507 e. The maximum absolute atomic E-state index is 13.2. The number of aryl methyl sites for hydroxylation is 1. The van der Waals surface area contributed by atoms with Crippen molar-refractivity contribution in [3.8, 4) is 22.6 Å². The molecule has 0 radical (unpaired) electrons. The van der Waals surface area contributed by atoms with Crippen LogP contribution in [0, 0.1) is 12.7 Å². The van der Waals surface area contributed by atoms with Crippen LogP contribution in [0.1, 0.15) is 15.9 Å². The first-order valence-electron chi connectivity index (χ1n) is 5.85. The van der Waals surface area contributed by atoms with Crippen molar-refractivity contribution in [2.24, 2.45) is 0 Å². The van der Waals surface area contributed by atoms with Gasteiger partial charge in [0.15, 0.2) is 0 Å². The highest BCUT2D eigenvalue weighted by Crippen LogP contribution is 2.35. The van der Waals surface area contributed by atoms with Crippen LogP contribution in [0.2, 0.25) is 0 Å². The summed E-state index contributed by atoms with van der Waals surface area (Å²) in [6.07, 6.45) is 0. The van der Waals surface area contributed by atoms with E-state index in [9.17, 15) is 14.3 Å². The number of benzene rings is 2. The number of aromatic hydroxyl groups is 1. The molecular formula is C15H13FO4. The summed E-state index contributed by atoms with van der Waals surface area (Å²) in [4.78, 5) is 11.1. The molecule has 0 heterocycles. The second kappa shape index (κ2) is 5.21. The standard InChI is InChI=1S/C15H13FO4/c1-8-5-9(6-12(14(8)17)15(18)19)11-4-3-10(16)7-13(11)20-2/h3-7,17H,1-2H3,(H,18,19). The molecule has 0 atom stereocenters. The first-order valence-corrected chi connectivity index (χ1v) is 5.85. The number of carboxylic acid groups (broad SMARTS) is 1. The van der Waals surface area contributed by atoms with Crippen molar-refractivity contribution in [1.29, 1.82) is 0 Å². The van der Waals surface area contributed by atoms with E-state index in [0.29, 0.717) is 22.4 Å². The van der Waals surface area contributed by atoms with E-state index in [4.69, 9.17) is 9.84 Å². The first-order chi connectivity index (χ1) is 9.43. The third-order valence-corrected chi connectivity index (χ3v) is 3.01. The monoisotopic (exact) mass is 276 g/mol. The van der Waals surface area contributed by atoms with Crippen molar-refractivity contribution >= 4 is 5.97 Å². The minimum Gasteiger partial charge on any atom is -0.507 e. The van der Waals surface area contributed by atoms with Crippen LogP contribution in [0.25, 0.3) is 11.1 Å². The van der Waals surface area contributed by atoms with Gasteiger partial charge in [-0.25, -0.2) is 9.18 Å². The molecule has 2 N–H and O–H groups in total. The summed E-state index contributed by atoms with van der Waals surface area (Å²) in [7, 11) is 1.41. The van der Waals surface area contributed by atoms with Gasteiger partial charge in [0, 0.05) is 11.6 Å². The van der Waals surface area contributed by atoms with Gasteiger partial charge in [0.05, 0.1) is 7.11 Å². The fourth-order valence-corrected chi connectivity index (χ4v) is 2.00. The molecule has 2 rings (SSSR count). The Hall–Kier alpha value is -2.56. The lowest BCUT2D eigenvalue weighted by Gasteiger charge is -2.12. The Labute approximate surface area is 115 Å². The number of halogens is 1. The van der Waals surface area contributed by atoms with Crippen molar-refractivity contribution < 1.29 is 24.1 Å². The molecule has 0 aliphatic rings. The van der Waals surface area contributed by atoms with Crippen LogP contribution < -0.4 is 4.74 Å². The number of phenols is 1. The molecule has 0 unspecified atom stereocenters. The van der Waals surface area contributed by atoms with E-state index < -0.39 is 11.8 Å². The Bertz CT molecular complexity index is 680. The van der Waals surface area contributed by atoms with Gasteiger partial charge in [0.2, 0.25) is 0 Å². The zero-order valence-electron chi connectivity index (χ0n) is 11.0. The highest BCUT2D eigenvalue weighted by molar-refractivity contribution is 5.93. The Morgan fingerprint density at radius 2 is 1.95 bits per heavy atom. The van der Waals surface area contributed by atoms with Crippen LogP contribution in [0.5, 0.6) is 11.5 Å². The number of carbonyl (C=O) groups is 1. The molecule has 0 aliphatic carbocycles. The maximum atomic E-state index is 13.2. The molecule has 5 heteroatoms. The van der Waals surface area contributed by atoms with E-state index in [1.807, 2.05) is 0 Å². The van der Waals surface area contributed by atoms with E-state index in [1.54, 1.807) is 13.0 Å². The quantitative estimate of drug-likeness (QED) is 0.903. The van der Waals surface area contributed by atoms with Gasteiger partial charge in [0.25, 0.3) is 0 Å². The molecule has 104 valence electrons. The number of methoxy groups -OCH3 is 1. The lowest BCUT2D eigenvalue weighted by atomic mass is 9.98. The molecule has 0 spiro atoms. The highest BCUT2D eigenvalue weighted by Gasteiger charge is 2.16. The molecular weight excluding hydrogens is 263 g/mol. The van der Waals surface area contributed by atoms with Crippen molar-refractivity contribution in [3.05, 3.63) is 47.3 Å². The molecule has 20 heavy (non-hydrogen) atoms. The number of aromatic carboxylic acids is 1. The first kappa shape index (κ1) is 13.9. The number of hydrogen-bond donors (Lipinski definition) is 2. The number of rotatable bonds is 3. The van der Waals surface area contributed by atoms with Crippen LogP contribution in [0.15, 0.2) is 30.3 Å². The molecule has 0 aromatic heterocycles. The van der Waals surface area contributed by atoms with Gasteiger partial charge in [-0.1, -0.05) is 0 Å². The second-order valence-corrected chi connectivity index (χ2v) is 4.34. The zero-order chi connectivity index (χ0) is 14.9. The molecule has 0 aliphatic heterocycles. The van der Waals surface area contributed by atoms with Crippen molar-refractivity contribution in [2.45, 2.75) is 6.92 Å². The van der Waals surface area contributed by atoms with Crippen molar-refractivity contribution in [1.82, 2.24) is 0 Å². The van der Waals surface area contributed by atoms with Crippen molar-refractivity contribution in [3.63, 3.8) is 0 Å². The van der Waals surface area contributed by atoms with E-state index in [0.717, 1.165) is 0 Å². The van der Waals surface area contributed by atoms with Gasteiger partial charge in [0.1, 0.15) is 22.9 Å². The van der Waals surface area contributed by atoms with Gasteiger partial charge in [-0.2, -0.15) is 0 Å². The molecule has 0 saturated heterocycles. The predicted molar refractivity (Wildman–Crippen MR) is 71.7 cm³/mol. The molecule has 4 nitrogen and oxygen atoms in total. The summed E-state index contributed by atoms with van der Waals surface area (Å²) in [6.45, 7) is 1.60. The minimum atomic E-state index is -1.23. The van der Waals surface area contributed by atoms with Crippen LogP contribution in [-0.2, 0) is 0 Å². The summed E-state index contributed by atoms with van der Waals surface area (Å²) in [5, 5.41) is 18.8. The fraction of sp³-hybridized carbons (Fsp3) is 0.133. The fourth-order valence-electron chi connectivity index (χ4n) is 2.00. The van der Waals surface area contributed by atoms with E-state index in [1.165, 1.54) is 31.4 Å². The number of carboxylic acids is 1. The van der Waals surface area contributed by atoms with Crippen molar-refractivity contribution in [2.75, 3.05) is 7.11 Å². The minimum absolute atomic E-state index is 0.202. The van der Waals surface area contributed by atoms with E-state index in [-0.39, 0.29) is 11.3 Å². The average Bonchev–Trinajstić information content (AvgIpc) is 2.41. The second-order valence-electron chi connectivity index (χ2n) is 4.34. The van der Waals surface area contributed by atoms with Gasteiger partial charge in [-0.3, -0.25) is 0 Å². The normalized spacial score (nSPS) is 10.3. The highest BCUT2D eigenvalue weighted by atomic mass is 19.1. The number of hydrogen-bond acceptors (Lipinski definition) is 3. The lowest BCUT2D eigenvalue weighted by Crippen LogP contribution is -1.99. The summed E-state index contributed by atoms with van der Waals surface area (Å²) in [6, 6.07) is 6.95. The van der Waals surface area contributed by atoms with Crippen LogP contribution in [0.4, 0.5) is 4.39 Å². The van der Waals surface area contributed by atoms with Gasteiger partial charge in [-0.15, -0.1) is 0 Å². The Morgan fingerprint density at radius 1 is 1.25 bits per heavy atom. The topological polar surface area (TPSA) is 66.8 Å². The number of ether oxygens (including phenoxy) is 1. The molecule has 0 amide bonds. The van der Waals surface area contributed by atoms with Gasteiger partial charge < -0.3 is 14.9 Å². The Balaban J connectivity index is 2.67. The third kappa shape index (κ3) is 2.42. The third-order valence-electron chi connectivity index (χ3n) is 3.01. The summed E-state index contributed by atoms with van der Waals surface area (Å²) < 4.78 is 18.3. The summed E-state index contributed by atoms with van der Waals surface area (Å²) in [5.41, 5.74) is 1.31. The average molecular weight is 276 g/mol. The predicted octanol–water partition coefficient (Wildman–Crippen LogP) is 3.21. The van der Waals surface area contributed by atoms with Gasteiger partial charge >= 0.3 is 5.97 Å². The molecule has 0 fully saturated rings. The van der Waals surface area contributed by atoms with E-state index >= 15 is 0 Å². The zero-order valence-corrected chi connectivity index (χ0v) is 11.0. The molecule has 2 aromatic rings. The molecule has 0 bridgehead atoms. The lowest BCUT2D eigenvalue weighted by molar-refractivity contribution is 0.0693. The maximum Gasteiger partial charge on any atom is 0.339 e. The van der Waals surface area contributed by atoms with Crippen LogP contribution >= 0.6 is 0 Å². The SMILES string of the molecule is COc1cc(F)ccc1-c1cc(C)c(O)c(C(=O)O)c1. The van der Waals surface area contributed by atoms with Crippen LogP contribution in [0.3, 0.4) is 0 Å². The van der Waals surface area contributed by atoms with Gasteiger partial charge in [-0.05, 0) is 42.3 Å². The van der Waals surface area contributed by atoms with Crippen LogP contribution in [-0.4, -0.2) is 23.3 Å². The molecule has 2 aromatic carbocycles. The smallest absolute Gasteiger partial charge is 0.339 e.